The van der Waals surface area contributed by atoms with Gasteiger partial charge in [-0.25, -0.2) is 4.79 Å². The molecule has 8 nitrogen and oxygen atoms in total. The number of esters is 1. The van der Waals surface area contributed by atoms with Crippen molar-refractivity contribution in [3.8, 4) is 11.4 Å². The van der Waals surface area contributed by atoms with Gasteiger partial charge in [-0.2, -0.15) is 16.3 Å². The quantitative estimate of drug-likeness (QED) is 0.581. The second-order valence-electron chi connectivity index (χ2n) is 5.50. The zero-order valence-corrected chi connectivity index (χ0v) is 15.5. The summed E-state index contributed by atoms with van der Waals surface area (Å²) in [5.74, 6) is 0.0474. The number of nitrogens with one attached hydrogen (secondary N) is 1. The molecular formula is C17H15ClN4O4S. The zero-order chi connectivity index (χ0) is 19.2. The Bertz CT molecular complexity index is 911. The van der Waals surface area contributed by atoms with E-state index in [1.54, 1.807) is 24.3 Å². The van der Waals surface area contributed by atoms with Crippen molar-refractivity contribution in [2.45, 2.75) is 19.1 Å². The van der Waals surface area contributed by atoms with E-state index < -0.39 is 18.0 Å². The highest BCUT2D eigenvalue weighted by Gasteiger charge is 2.19. The molecule has 0 spiro atoms. The van der Waals surface area contributed by atoms with E-state index in [2.05, 4.69) is 15.5 Å². The monoisotopic (exact) mass is 406 g/mol. The van der Waals surface area contributed by atoms with Gasteiger partial charge in [-0.1, -0.05) is 28.9 Å². The standard InChI is InChI=1S/C17H15ClN4O4S/c18-12-3-1-10(2-4-12)13(20-17(19)24)7-15(23)25-8-14-21-16(22-26-14)11-5-6-27-9-11/h1-6,9,13H,7-8H2,(H3,19,20,24)/t13-/m0/s1. The maximum Gasteiger partial charge on any atom is 0.312 e. The molecule has 0 aliphatic rings. The first kappa shape index (κ1) is 18.9. The number of hydrogen-bond acceptors (Lipinski definition) is 7. The molecule has 0 bridgehead atoms. The molecule has 2 heterocycles. The number of hydrogen-bond donors (Lipinski definition) is 2. The molecule has 0 aliphatic carbocycles. The van der Waals surface area contributed by atoms with E-state index in [9.17, 15) is 9.59 Å². The van der Waals surface area contributed by atoms with Crippen LogP contribution in [-0.4, -0.2) is 22.1 Å². The first-order valence-corrected chi connectivity index (χ1v) is 9.15. The normalized spacial score (nSPS) is 11.7. The van der Waals surface area contributed by atoms with Crippen LogP contribution in [0, 0.1) is 0 Å². The number of halogens is 1. The van der Waals surface area contributed by atoms with Crippen molar-refractivity contribution < 1.29 is 18.8 Å². The number of carbonyl (C=O) groups is 2. The van der Waals surface area contributed by atoms with Gasteiger partial charge in [0.05, 0.1) is 12.5 Å². The fraction of sp³-hybridized carbons (Fsp3) is 0.176. The van der Waals surface area contributed by atoms with Gasteiger partial charge < -0.3 is 20.3 Å². The Hall–Kier alpha value is -2.91. The SMILES string of the molecule is NC(=O)N[C@@H](CC(=O)OCc1nc(-c2ccsc2)no1)c1ccc(Cl)cc1. The number of urea groups is 1. The Balaban J connectivity index is 1.59. The largest absolute Gasteiger partial charge is 0.455 e. The molecule has 0 aliphatic heterocycles. The Morgan fingerprint density at radius 2 is 2.07 bits per heavy atom. The minimum Gasteiger partial charge on any atom is -0.455 e. The Kier molecular flexibility index (Phi) is 6.05. The predicted octanol–water partition coefficient (Wildman–Crippen LogP) is 3.29. The fourth-order valence-electron chi connectivity index (χ4n) is 2.31. The lowest BCUT2D eigenvalue weighted by Gasteiger charge is -2.17. The summed E-state index contributed by atoms with van der Waals surface area (Å²) in [5, 5.41) is 10.7. The van der Waals surface area contributed by atoms with E-state index in [0.717, 1.165) is 5.56 Å². The lowest BCUT2D eigenvalue weighted by molar-refractivity contribution is -0.146. The van der Waals surface area contributed by atoms with Crippen molar-refractivity contribution in [1.82, 2.24) is 15.5 Å². The number of primary amides is 1. The highest BCUT2D eigenvalue weighted by molar-refractivity contribution is 7.08. The van der Waals surface area contributed by atoms with Crippen molar-refractivity contribution >= 4 is 34.9 Å². The number of aromatic nitrogens is 2. The molecular weight excluding hydrogens is 392 g/mol. The highest BCUT2D eigenvalue weighted by atomic mass is 35.5. The third-order valence-electron chi connectivity index (χ3n) is 3.56. The van der Waals surface area contributed by atoms with Gasteiger partial charge in [0.15, 0.2) is 6.61 Å². The van der Waals surface area contributed by atoms with Crippen LogP contribution in [0.1, 0.15) is 23.9 Å². The van der Waals surface area contributed by atoms with Crippen LogP contribution in [0.5, 0.6) is 0 Å². The van der Waals surface area contributed by atoms with Gasteiger partial charge in [-0.3, -0.25) is 4.79 Å². The molecule has 2 aromatic heterocycles. The van der Waals surface area contributed by atoms with Gasteiger partial charge in [0.1, 0.15) is 0 Å². The number of benzene rings is 1. The van der Waals surface area contributed by atoms with Crippen LogP contribution in [0.3, 0.4) is 0 Å². The number of rotatable bonds is 7. The maximum absolute atomic E-state index is 12.2. The predicted molar refractivity (Wildman–Crippen MR) is 98.9 cm³/mol. The molecule has 0 unspecified atom stereocenters. The van der Waals surface area contributed by atoms with E-state index in [1.807, 2.05) is 16.8 Å². The summed E-state index contributed by atoms with van der Waals surface area (Å²) in [6, 6.07) is 7.17. The van der Waals surface area contributed by atoms with Crippen molar-refractivity contribution in [1.29, 1.82) is 0 Å². The Labute approximate surface area is 163 Å². The highest BCUT2D eigenvalue weighted by Crippen LogP contribution is 2.21. The third-order valence-corrected chi connectivity index (χ3v) is 4.50. The Morgan fingerprint density at radius 3 is 2.74 bits per heavy atom. The average Bonchev–Trinajstić information content (AvgIpc) is 3.31. The molecule has 3 aromatic rings. The molecule has 3 rings (SSSR count). The summed E-state index contributed by atoms with van der Waals surface area (Å²) in [7, 11) is 0. The van der Waals surface area contributed by atoms with Crippen molar-refractivity contribution in [3.05, 3.63) is 57.6 Å². The van der Waals surface area contributed by atoms with E-state index in [1.165, 1.54) is 11.3 Å². The summed E-state index contributed by atoms with van der Waals surface area (Å²) in [6.07, 6.45) is -0.115. The van der Waals surface area contributed by atoms with Crippen LogP contribution in [0.2, 0.25) is 5.02 Å². The molecule has 0 fully saturated rings. The van der Waals surface area contributed by atoms with Gasteiger partial charge in [0.25, 0.3) is 5.89 Å². The first-order valence-electron chi connectivity index (χ1n) is 7.83. The minimum absolute atomic E-state index is 0.115. The first-order chi connectivity index (χ1) is 13.0. The van der Waals surface area contributed by atoms with Crippen LogP contribution in [0.15, 0.2) is 45.6 Å². The summed E-state index contributed by atoms with van der Waals surface area (Å²) in [6.45, 7) is -0.167. The summed E-state index contributed by atoms with van der Waals surface area (Å²) < 4.78 is 10.2. The lowest BCUT2D eigenvalue weighted by Crippen LogP contribution is -2.34. The van der Waals surface area contributed by atoms with E-state index in [-0.39, 0.29) is 18.9 Å². The van der Waals surface area contributed by atoms with Gasteiger partial charge in [-0.15, -0.1) is 0 Å². The van der Waals surface area contributed by atoms with Gasteiger partial charge in [0.2, 0.25) is 5.82 Å². The summed E-state index contributed by atoms with van der Waals surface area (Å²) >= 11 is 7.37. The van der Waals surface area contributed by atoms with E-state index in [0.29, 0.717) is 16.4 Å². The number of nitrogens with two attached hydrogens (primary N) is 1. The summed E-state index contributed by atoms with van der Waals surface area (Å²) in [5.41, 5.74) is 6.69. The van der Waals surface area contributed by atoms with Gasteiger partial charge in [0, 0.05) is 16.0 Å². The molecule has 140 valence electrons. The average molecular weight is 407 g/mol. The lowest BCUT2D eigenvalue weighted by atomic mass is 10.0. The van der Waals surface area contributed by atoms with Gasteiger partial charge in [-0.05, 0) is 29.1 Å². The summed E-state index contributed by atoms with van der Waals surface area (Å²) in [4.78, 5) is 27.5. The molecule has 1 atom stereocenters. The number of thiophene rings is 1. The van der Waals surface area contributed by atoms with Crippen LogP contribution < -0.4 is 11.1 Å². The number of carbonyl (C=O) groups excluding carboxylic acids is 2. The molecule has 10 heteroatoms. The van der Waals surface area contributed by atoms with Crippen molar-refractivity contribution in [2.24, 2.45) is 5.73 Å². The fourth-order valence-corrected chi connectivity index (χ4v) is 3.07. The smallest absolute Gasteiger partial charge is 0.312 e. The maximum atomic E-state index is 12.2. The number of ether oxygens (including phenoxy) is 1. The van der Waals surface area contributed by atoms with Crippen LogP contribution >= 0.6 is 22.9 Å². The second-order valence-corrected chi connectivity index (χ2v) is 6.72. The Morgan fingerprint density at radius 1 is 1.30 bits per heavy atom. The van der Waals surface area contributed by atoms with Crippen molar-refractivity contribution in [2.75, 3.05) is 0 Å². The van der Waals surface area contributed by atoms with Crippen LogP contribution in [0.25, 0.3) is 11.4 Å². The van der Waals surface area contributed by atoms with Gasteiger partial charge >= 0.3 is 12.0 Å². The van der Waals surface area contributed by atoms with Crippen molar-refractivity contribution in [3.63, 3.8) is 0 Å². The molecule has 2 amide bonds. The molecule has 3 N–H and O–H groups in total. The molecule has 0 saturated carbocycles. The van der Waals surface area contributed by atoms with E-state index in [4.69, 9.17) is 26.6 Å². The molecule has 0 radical (unpaired) electrons. The zero-order valence-electron chi connectivity index (χ0n) is 13.9. The molecule has 0 saturated heterocycles. The number of nitrogens with zero attached hydrogens (tertiary/aromatic N) is 2. The van der Waals surface area contributed by atoms with Crippen LogP contribution in [-0.2, 0) is 16.1 Å². The number of amides is 2. The second kappa shape index (κ2) is 8.65. The third kappa shape index (κ3) is 5.28. The topological polar surface area (TPSA) is 120 Å². The minimum atomic E-state index is -0.750. The molecule has 27 heavy (non-hydrogen) atoms. The molecule has 1 aromatic carbocycles. The van der Waals surface area contributed by atoms with E-state index >= 15 is 0 Å². The van der Waals surface area contributed by atoms with Crippen LogP contribution in [0.4, 0.5) is 4.79 Å².